The first-order valence-electron chi connectivity index (χ1n) is 6.28. The summed E-state index contributed by atoms with van der Waals surface area (Å²) in [6.45, 7) is 0. The van der Waals surface area contributed by atoms with Crippen LogP contribution in [0.3, 0.4) is 0 Å². The zero-order chi connectivity index (χ0) is 14.4. The molecule has 6 heteroatoms. The summed E-state index contributed by atoms with van der Waals surface area (Å²) in [5.74, 6) is 0. The molecule has 0 unspecified atom stereocenters. The van der Waals surface area contributed by atoms with Crippen LogP contribution >= 0.6 is 27.5 Å². The predicted molar refractivity (Wildman–Crippen MR) is 86.4 cm³/mol. The van der Waals surface area contributed by atoms with Gasteiger partial charge in [-0.1, -0.05) is 39.7 Å². The maximum atomic E-state index is 6.26. The third-order valence-electron chi connectivity index (χ3n) is 3.23. The molecule has 102 valence electrons. The summed E-state index contributed by atoms with van der Waals surface area (Å²) in [4.78, 5) is 8.71. The Bertz CT molecular complexity index is 980. The number of hydrogen-bond acceptors (Lipinski definition) is 3. The molecule has 0 saturated heterocycles. The first-order chi connectivity index (χ1) is 10.2. The lowest BCUT2D eigenvalue weighted by Crippen LogP contribution is -1.96. The minimum absolute atomic E-state index is 0.421. The van der Waals surface area contributed by atoms with Crippen molar-refractivity contribution in [1.82, 2.24) is 19.6 Å². The Morgan fingerprint density at radius 3 is 2.86 bits per heavy atom. The van der Waals surface area contributed by atoms with Crippen LogP contribution in [0, 0.1) is 0 Å². The minimum Gasteiger partial charge on any atom is -0.235 e. The van der Waals surface area contributed by atoms with Gasteiger partial charge in [0.05, 0.1) is 5.69 Å². The van der Waals surface area contributed by atoms with Gasteiger partial charge in [0.1, 0.15) is 11.0 Å². The molecule has 0 aliphatic heterocycles. The zero-order valence-electron chi connectivity index (χ0n) is 10.7. The highest BCUT2D eigenvalue weighted by Crippen LogP contribution is 2.27. The van der Waals surface area contributed by atoms with Crippen LogP contribution in [0.15, 0.2) is 53.1 Å². The van der Waals surface area contributed by atoms with Gasteiger partial charge in [-0.25, -0.2) is 14.5 Å². The van der Waals surface area contributed by atoms with Gasteiger partial charge in [-0.2, -0.15) is 5.10 Å². The van der Waals surface area contributed by atoms with Crippen molar-refractivity contribution in [2.75, 3.05) is 0 Å². The molecule has 0 aliphatic rings. The molecular weight excluding hydrogens is 352 g/mol. The highest BCUT2D eigenvalue weighted by atomic mass is 79.9. The molecule has 21 heavy (non-hydrogen) atoms. The molecule has 0 amide bonds. The molecular formula is C15H8BrClN4. The first-order valence-corrected chi connectivity index (χ1v) is 7.45. The van der Waals surface area contributed by atoms with Gasteiger partial charge >= 0.3 is 0 Å². The fourth-order valence-electron chi connectivity index (χ4n) is 2.28. The second-order valence-electron chi connectivity index (χ2n) is 4.59. The Labute approximate surface area is 133 Å². The summed E-state index contributed by atoms with van der Waals surface area (Å²) in [5, 5.41) is 5.04. The quantitative estimate of drug-likeness (QED) is 0.507. The smallest absolute Gasteiger partial charge is 0.180 e. The number of aromatic nitrogens is 4. The monoisotopic (exact) mass is 358 g/mol. The third kappa shape index (κ3) is 2.09. The van der Waals surface area contributed by atoms with E-state index in [1.54, 1.807) is 10.7 Å². The molecule has 0 aliphatic carbocycles. The SMILES string of the molecule is Clc1nc2cccnc2n2nc(-c3cccc(Br)c3)cc12. The number of nitrogens with zero attached hydrogens (tertiary/aromatic N) is 4. The van der Waals surface area contributed by atoms with Crippen molar-refractivity contribution >= 4 is 44.2 Å². The molecule has 0 radical (unpaired) electrons. The van der Waals surface area contributed by atoms with Crippen molar-refractivity contribution in [3.8, 4) is 11.3 Å². The summed E-state index contributed by atoms with van der Waals surface area (Å²) in [6, 6.07) is 13.6. The normalized spacial score (nSPS) is 11.3. The Morgan fingerprint density at radius 1 is 1.10 bits per heavy atom. The van der Waals surface area contributed by atoms with Crippen LogP contribution in [0.25, 0.3) is 27.9 Å². The second kappa shape index (κ2) is 4.79. The van der Waals surface area contributed by atoms with Crippen molar-refractivity contribution < 1.29 is 0 Å². The van der Waals surface area contributed by atoms with E-state index in [0.29, 0.717) is 10.8 Å². The number of benzene rings is 1. The Morgan fingerprint density at radius 2 is 2.00 bits per heavy atom. The van der Waals surface area contributed by atoms with Gasteiger partial charge in [0.25, 0.3) is 0 Å². The van der Waals surface area contributed by atoms with Crippen LogP contribution in [0.4, 0.5) is 0 Å². The number of hydrogen-bond donors (Lipinski definition) is 0. The molecule has 0 bridgehead atoms. The van der Waals surface area contributed by atoms with E-state index in [1.165, 1.54) is 0 Å². The standard InChI is InChI=1S/C15H8BrClN4/c16-10-4-1-3-9(7-10)12-8-13-14(17)19-11-5-2-6-18-15(11)21(13)20-12/h1-8H. The highest BCUT2D eigenvalue weighted by molar-refractivity contribution is 9.10. The third-order valence-corrected chi connectivity index (χ3v) is 4.00. The van der Waals surface area contributed by atoms with Crippen molar-refractivity contribution in [3.63, 3.8) is 0 Å². The molecule has 4 nitrogen and oxygen atoms in total. The molecule has 0 saturated carbocycles. The number of halogens is 2. The van der Waals surface area contributed by atoms with Gasteiger partial charge in [0.2, 0.25) is 0 Å². The van der Waals surface area contributed by atoms with Gasteiger partial charge < -0.3 is 0 Å². The lowest BCUT2D eigenvalue weighted by atomic mass is 10.1. The zero-order valence-corrected chi connectivity index (χ0v) is 13.0. The van der Waals surface area contributed by atoms with E-state index in [1.807, 2.05) is 42.5 Å². The summed E-state index contributed by atoms with van der Waals surface area (Å²) in [5.41, 5.74) is 4.00. The molecule has 1 aromatic carbocycles. The van der Waals surface area contributed by atoms with E-state index in [0.717, 1.165) is 26.8 Å². The molecule has 0 N–H and O–H groups in total. The average Bonchev–Trinajstić information content (AvgIpc) is 2.93. The van der Waals surface area contributed by atoms with E-state index in [-0.39, 0.29) is 0 Å². The topological polar surface area (TPSA) is 43.1 Å². The summed E-state index contributed by atoms with van der Waals surface area (Å²) < 4.78 is 2.74. The summed E-state index contributed by atoms with van der Waals surface area (Å²) >= 11 is 9.73. The van der Waals surface area contributed by atoms with Crippen LogP contribution in [0.2, 0.25) is 5.15 Å². The maximum absolute atomic E-state index is 6.26. The molecule has 0 atom stereocenters. The molecule has 0 fully saturated rings. The summed E-state index contributed by atoms with van der Waals surface area (Å²) in [6.07, 6.45) is 1.72. The van der Waals surface area contributed by atoms with E-state index >= 15 is 0 Å². The van der Waals surface area contributed by atoms with Gasteiger partial charge in [0, 0.05) is 16.2 Å². The number of pyridine rings is 1. The highest BCUT2D eigenvalue weighted by Gasteiger charge is 2.12. The van der Waals surface area contributed by atoms with Gasteiger partial charge in [-0.05, 0) is 30.3 Å². The molecule has 0 spiro atoms. The average molecular weight is 360 g/mol. The van der Waals surface area contributed by atoms with Crippen molar-refractivity contribution in [1.29, 1.82) is 0 Å². The van der Waals surface area contributed by atoms with Gasteiger partial charge in [0.15, 0.2) is 10.8 Å². The molecule has 4 rings (SSSR count). The number of rotatable bonds is 1. The molecule has 3 aromatic heterocycles. The minimum atomic E-state index is 0.421. The lowest BCUT2D eigenvalue weighted by Gasteiger charge is -2.00. The van der Waals surface area contributed by atoms with Crippen LogP contribution in [0.5, 0.6) is 0 Å². The van der Waals surface area contributed by atoms with Crippen molar-refractivity contribution in [2.45, 2.75) is 0 Å². The Hall–Kier alpha value is -1.98. The van der Waals surface area contributed by atoms with Crippen LogP contribution in [-0.4, -0.2) is 19.6 Å². The molecule has 4 aromatic rings. The van der Waals surface area contributed by atoms with E-state index in [2.05, 4.69) is 31.0 Å². The fraction of sp³-hybridized carbons (Fsp3) is 0. The van der Waals surface area contributed by atoms with Crippen molar-refractivity contribution in [2.24, 2.45) is 0 Å². The Kier molecular flexibility index (Phi) is 2.90. The predicted octanol–water partition coefficient (Wildman–Crippen LogP) is 4.36. The largest absolute Gasteiger partial charge is 0.235 e. The molecule has 3 heterocycles. The van der Waals surface area contributed by atoms with Crippen LogP contribution in [-0.2, 0) is 0 Å². The second-order valence-corrected chi connectivity index (χ2v) is 5.86. The Balaban J connectivity index is 2.06. The maximum Gasteiger partial charge on any atom is 0.180 e. The van der Waals surface area contributed by atoms with E-state index in [9.17, 15) is 0 Å². The van der Waals surface area contributed by atoms with E-state index < -0.39 is 0 Å². The van der Waals surface area contributed by atoms with Crippen molar-refractivity contribution in [3.05, 3.63) is 58.3 Å². The van der Waals surface area contributed by atoms with Gasteiger partial charge in [-0.15, -0.1) is 0 Å². The first kappa shape index (κ1) is 12.7. The van der Waals surface area contributed by atoms with Crippen LogP contribution in [0.1, 0.15) is 0 Å². The van der Waals surface area contributed by atoms with Gasteiger partial charge in [-0.3, -0.25) is 0 Å². The summed E-state index contributed by atoms with van der Waals surface area (Å²) in [7, 11) is 0. The fourth-order valence-corrected chi connectivity index (χ4v) is 2.91. The van der Waals surface area contributed by atoms with E-state index in [4.69, 9.17) is 11.6 Å². The number of fused-ring (bicyclic) bond motifs is 3. The van der Waals surface area contributed by atoms with Crippen LogP contribution < -0.4 is 0 Å². The lowest BCUT2D eigenvalue weighted by molar-refractivity contribution is 0.977.